The summed E-state index contributed by atoms with van der Waals surface area (Å²) in [5, 5.41) is 12.1. The second-order valence-electron chi connectivity index (χ2n) is 7.62. The minimum absolute atomic E-state index is 0.0433. The highest BCUT2D eigenvalue weighted by Gasteiger charge is 2.51. The van der Waals surface area contributed by atoms with Crippen LogP contribution < -0.4 is 5.32 Å². The van der Waals surface area contributed by atoms with Crippen molar-refractivity contribution in [3.05, 3.63) is 11.6 Å². The summed E-state index contributed by atoms with van der Waals surface area (Å²) in [7, 11) is 0. The molecule has 0 aromatic carbocycles. The fourth-order valence-electron chi connectivity index (χ4n) is 4.74. The SMILES string of the molecule is CC1CCCC2(C)CC3OC(=O)C(CNCCCO)C3C=C12. The van der Waals surface area contributed by atoms with Crippen molar-refractivity contribution in [1.29, 1.82) is 0 Å². The standard InChI is InChI=1S/C18H29NO3/c1-12-5-3-6-18(2)10-16-13(9-15(12)18)14(17(21)22-16)11-19-7-4-8-20/h9,12-14,16,19-20H,3-8,10-11H2,1-2H3. The number of aliphatic hydroxyl groups excluding tert-OH is 1. The summed E-state index contributed by atoms with van der Waals surface area (Å²) >= 11 is 0. The molecule has 5 atom stereocenters. The first-order valence-corrected chi connectivity index (χ1v) is 8.79. The van der Waals surface area contributed by atoms with Crippen LogP contribution in [-0.2, 0) is 9.53 Å². The Kier molecular flexibility index (Phi) is 4.60. The summed E-state index contributed by atoms with van der Waals surface area (Å²) in [6.07, 6.45) is 7.96. The second-order valence-corrected chi connectivity index (χ2v) is 7.62. The summed E-state index contributed by atoms with van der Waals surface area (Å²) in [5.74, 6) is 0.768. The van der Waals surface area contributed by atoms with E-state index < -0.39 is 0 Å². The molecule has 2 fully saturated rings. The van der Waals surface area contributed by atoms with E-state index in [-0.39, 0.29) is 35.9 Å². The molecule has 1 aliphatic heterocycles. The van der Waals surface area contributed by atoms with E-state index in [0.29, 0.717) is 12.5 Å². The summed E-state index contributed by atoms with van der Waals surface area (Å²) in [6, 6.07) is 0. The number of fused-ring (bicyclic) bond motifs is 2. The number of rotatable bonds is 5. The Morgan fingerprint density at radius 3 is 3.09 bits per heavy atom. The van der Waals surface area contributed by atoms with E-state index in [0.717, 1.165) is 19.4 Å². The van der Waals surface area contributed by atoms with Crippen LogP contribution in [-0.4, -0.2) is 36.9 Å². The number of allylic oxidation sites excluding steroid dienone is 1. The van der Waals surface area contributed by atoms with Crippen molar-refractivity contribution >= 4 is 5.97 Å². The van der Waals surface area contributed by atoms with E-state index in [2.05, 4.69) is 25.2 Å². The van der Waals surface area contributed by atoms with Gasteiger partial charge in [0.2, 0.25) is 0 Å². The lowest BCUT2D eigenvalue weighted by molar-refractivity contribution is -0.145. The van der Waals surface area contributed by atoms with Crippen molar-refractivity contribution in [2.75, 3.05) is 19.7 Å². The minimum Gasteiger partial charge on any atom is -0.461 e. The second kappa shape index (κ2) is 6.32. The predicted molar refractivity (Wildman–Crippen MR) is 85.3 cm³/mol. The van der Waals surface area contributed by atoms with Gasteiger partial charge in [0, 0.05) is 19.1 Å². The zero-order chi connectivity index (χ0) is 15.7. The third-order valence-electron chi connectivity index (χ3n) is 5.96. The normalized spacial score (nSPS) is 40.7. The first kappa shape index (κ1) is 16.0. The molecule has 3 aliphatic rings. The van der Waals surface area contributed by atoms with Crippen LogP contribution >= 0.6 is 0 Å². The lowest BCUT2D eigenvalue weighted by Gasteiger charge is -2.46. The maximum Gasteiger partial charge on any atom is 0.311 e. The Labute approximate surface area is 133 Å². The molecule has 4 nitrogen and oxygen atoms in total. The number of ether oxygens (including phenoxy) is 1. The maximum atomic E-state index is 12.3. The van der Waals surface area contributed by atoms with Crippen LogP contribution in [0, 0.1) is 23.2 Å². The molecular weight excluding hydrogens is 278 g/mol. The zero-order valence-corrected chi connectivity index (χ0v) is 13.8. The van der Waals surface area contributed by atoms with Gasteiger partial charge >= 0.3 is 5.97 Å². The first-order valence-electron chi connectivity index (χ1n) is 8.79. The number of hydrogen-bond acceptors (Lipinski definition) is 4. The molecule has 4 heteroatoms. The number of esters is 1. The number of hydrogen-bond donors (Lipinski definition) is 2. The average Bonchev–Trinajstić information content (AvgIpc) is 2.76. The molecule has 2 aliphatic carbocycles. The van der Waals surface area contributed by atoms with Crippen molar-refractivity contribution < 1.29 is 14.6 Å². The highest BCUT2D eigenvalue weighted by molar-refractivity contribution is 5.76. The van der Waals surface area contributed by atoms with E-state index in [1.807, 2.05) is 0 Å². The van der Waals surface area contributed by atoms with Crippen LogP contribution in [0.5, 0.6) is 0 Å². The van der Waals surface area contributed by atoms with Gasteiger partial charge in [-0.05, 0) is 43.6 Å². The highest BCUT2D eigenvalue weighted by Crippen LogP contribution is 2.53. The molecule has 0 radical (unpaired) electrons. The highest BCUT2D eigenvalue weighted by atomic mass is 16.6. The van der Waals surface area contributed by atoms with Gasteiger partial charge < -0.3 is 15.2 Å². The fraction of sp³-hybridized carbons (Fsp3) is 0.833. The van der Waals surface area contributed by atoms with Crippen molar-refractivity contribution in [1.82, 2.24) is 5.32 Å². The molecule has 0 aromatic heterocycles. The van der Waals surface area contributed by atoms with Gasteiger partial charge in [-0.2, -0.15) is 0 Å². The molecule has 0 amide bonds. The van der Waals surface area contributed by atoms with Gasteiger partial charge in [0.1, 0.15) is 6.10 Å². The van der Waals surface area contributed by atoms with Crippen LogP contribution in [0.15, 0.2) is 11.6 Å². The lowest BCUT2D eigenvalue weighted by atomic mass is 9.59. The Balaban J connectivity index is 1.74. The summed E-state index contributed by atoms with van der Waals surface area (Å²) in [6.45, 7) is 6.28. The smallest absolute Gasteiger partial charge is 0.311 e. The van der Waals surface area contributed by atoms with E-state index >= 15 is 0 Å². The predicted octanol–water partition coefficient (Wildman–Crippen LogP) is 2.27. The molecule has 1 heterocycles. The molecule has 1 saturated heterocycles. The first-order chi connectivity index (χ1) is 10.5. The number of nitrogens with one attached hydrogen (secondary N) is 1. The third kappa shape index (κ3) is 2.83. The third-order valence-corrected chi connectivity index (χ3v) is 5.96. The zero-order valence-electron chi connectivity index (χ0n) is 13.8. The minimum atomic E-state index is -0.0603. The van der Waals surface area contributed by atoms with Crippen molar-refractivity contribution in [3.63, 3.8) is 0 Å². The average molecular weight is 307 g/mol. The number of aliphatic hydroxyl groups is 1. The van der Waals surface area contributed by atoms with Crippen LogP contribution in [0.1, 0.15) is 46.0 Å². The van der Waals surface area contributed by atoms with E-state index in [1.54, 1.807) is 5.57 Å². The Morgan fingerprint density at radius 2 is 2.32 bits per heavy atom. The molecule has 2 N–H and O–H groups in total. The fourth-order valence-corrected chi connectivity index (χ4v) is 4.74. The molecule has 0 spiro atoms. The molecule has 22 heavy (non-hydrogen) atoms. The molecule has 0 aromatic rings. The largest absolute Gasteiger partial charge is 0.461 e. The molecule has 3 rings (SSSR count). The number of carbonyl (C=O) groups is 1. The topological polar surface area (TPSA) is 58.6 Å². The Hall–Kier alpha value is -0.870. The van der Waals surface area contributed by atoms with Crippen LogP contribution in [0.25, 0.3) is 0 Å². The van der Waals surface area contributed by atoms with Gasteiger partial charge in [0.05, 0.1) is 5.92 Å². The maximum absolute atomic E-state index is 12.3. The van der Waals surface area contributed by atoms with Crippen molar-refractivity contribution in [3.8, 4) is 0 Å². The van der Waals surface area contributed by atoms with Gasteiger partial charge in [-0.1, -0.05) is 31.9 Å². The summed E-state index contributed by atoms with van der Waals surface area (Å²) < 4.78 is 5.71. The van der Waals surface area contributed by atoms with Crippen molar-refractivity contribution in [2.45, 2.75) is 52.1 Å². The van der Waals surface area contributed by atoms with E-state index in [1.165, 1.54) is 19.3 Å². The van der Waals surface area contributed by atoms with Crippen LogP contribution in [0.4, 0.5) is 0 Å². The van der Waals surface area contributed by atoms with Gasteiger partial charge in [0.15, 0.2) is 0 Å². The molecule has 124 valence electrons. The molecule has 5 unspecified atom stereocenters. The molecule has 0 bridgehead atoms. The van der Waals surface area contributed by atoms with Gasteiger partial charge in [-0.3, -0.25) is 4.79 Å². The van der Waals surface area contributed by atoms with Crippen LogP contribution in [0.3, 0.4) is 0 Å². The van der Waals surface area contributed by atoms with Gasteiger partial charge in [0.25, 0.3) is 0 Å². The molecule has 1 saturated carbocycles. The lowest BCUT2D eigenvalue weighted by Crippen LogP contribution is -2.40. The monoisotopic (exact) mass is 307 g/mol. The van der Waals surface area contributed by atoms with Crippen LogP contribution in [0.2, 0.25) is 0 Å². The van der Waals surface area contributed by atoms with Gasteiger partial charge in [-0.15, -0.1) is 0 Å². The summed E-state index contributed by atoms with van der Waals surface area (Å²) in [4.78, 5) is 12.3. The Bertz CT molecular complexity index is 461. The quantitative estimate of drug-likeness (QED) is 0.465. The summed E-state index contributed by atoms with van der Waals surface area (Å²) in [5.41, 5.74) is 1.80. The number of carbonyl (C=O) groups excluding carboxylic acids is 1. The van der Waals surface area contributed by atoms with Gasteiger partial charge in [-0.25, -0.2) is 0 Å². The Morgan fingerprint density at radius 1 is 1.50 bits per heavy atom. The van der Waals surface area contributed by atoms with Crippen molar-refractivity contribution in [2.24, 2.45) is 23.2 Å². The molecular formula is C18H29NO3. The van der Waals surface area contributed by atoms with E-state index in [9.17, 15) is 4.79 Å². The van der Waals surface area contributed by atoms with E-state index in [4.69, 9.17) is 9.84 Å².